The van der Waals surface area contributed by atoms with Crippen LogP contribution in [0.2, 0.25) is 0 Å². The first kappa shape index (κ1) is 16.0. The van der Waals surface area contributed by atoms with Gasteiger partial charge in [-0.2, -0.15) is 10.4 Å². The Labute approximate surface area is 139 Å². The molecule has 2 atom stereocenters. The van der Waals surface area contributed by atoms with E-state index < -0.39 is 0 Å². The van der Waals surface area contributed by atoms with Crippen molar-refractivity contribution in [2.75, 3.05) is 18.4 Å². The maximum Gasteiger partial charge on any atom is 0.266 e. The third-order valence-electron chi connectivity index (χ3n) is 3.88. The fourth-order valence-electron chi connectivity index (χ4n) is 2.84. The number of ether oxygens (including phenoxy) is 1. The number of nitrogens with zero attached hydrogens (tertiary/aromatic N) is 3. The van der Waals surface area contributed by atoms with E-state index in [9.17, 15) is 10.1 Å². The number of hydrogen-bond donors (Lipinski definition) is 2. The molecular weight excluding hydrogens is 306 g/mol. The minimum Gasteiger partial charge on any atom is -0.372 e. The Balaban J connectivity index is 1.73. The molecule has 1 aromatic carbocycles. The molecular formula is C17H19N5O2. The zero-order valence-electron chi connectivity index (χ0n) is 13.6. The fourth-order valence-corrected chi connectivity index (χ4v) is 2.84. The average Bonchev–Trinajstić information content (AvgIpc) is 3.02. The number of benzene rings is 1. The maximum atomic E-state index is 12.5. The zero-order chi connectivity index (χ0) is 17.1. The number of anilines is 1. The van der Waals surface area contributed by atoms with Gasteiger partial charge in [-0.15, -0.1) is 0 Å². The quantitative estimate of drug-likeness (QED) is 0.665. The second-order valence-corrected chi connectivity index (χ2v) is 5.95. The van der Waals surface area contributed by atoms with Gasteiger partial charge < -0.3 is 15.0 Å². The monoisotopic (exact) mass is 325 g/mol. The van der Waals surface area contributed by atoms with Crippen molar-refractivity contribution in [2.45, 2.75) is 26.1 Å². The Morgan fingerprint density at radius 2 is 2.21 bits per heavy atom. The highest BCUT2D eigenvalue weighted by atomic mass is 16.5. The predicted molar refractivity (Wildman–Crippen MR) is 90.0 cm³/mol. The third kappa shape index (κ3) is 3.39. The summed E-state index contributed by atoms with van der Waals surface area (Å²) in [6.07, 6.45) is 3.12. The van der Waals surface area contributed by atoms with Gasteiger partial charge in [0.25, 0.3) is 5.91 Å². The average molecular weight is 325 g/mol. The molecule has 124 valence electrons. The first-order valence-corrected chi connectivity index (χ1v) is 7.81. The van der Waals surface area contributed by atoms with Crippen LogP contribution in [0, 0.1) is 11.3 Å². The maximum absolute atomic E-state index is 12.5. The SMILES string of the molecule is CC1CN(C(=O)/C(C#N)=C\Nc2ccc3cn[nH]c3c2)CC(C)O1. The normalized spacial score (nSPS) is 21.5. The van der Waals surface area contributed by atoms with Crippen LogP contribution in [-0.2, 0) is 9.53 Å². The number of nitrogens with one attached hydrogen (secondary N) is 2. The molecule has 2 aromatic rings. The van der Waals surface area contributed by atoms with E-state index in [0.29, 0.717) is 13.1 Å². The molecule has 3 rings (SSSR count). The second kappa shape index (κ2) is 6.72. The molecule has 7 heteroatoms. The van der Waals surface area contributed by atoms with Crippen molar-refractivity contribution in [3.8, 4) is 6.07 Å². The summed E-state index contributed by atoms with van der Waals surface area (Å²) in [6, 6.07) is 7.63. The standard InChI is InChI=1S/C17H19N5O2/c1-11-9-22(10-12(2)24-11)17(23)14(6-18)7-19-15-4-3-13-8-20-21-16(13)5-15/h3-5,7-8,11-12,19H,9-10H2,1-2H3,(H,20,21)/b14-7-. The van der Waals surface area contributed by atoms with E-state index in [4.69, 9.17) is 4.74 Å². The number of rotatable bonds is 3. The molecule has 2 unspecified atom stereocenters. The number of fused-ring (bicyclic) bond motifs is 1. The minimum absolute atomic E-state index is 0.0339. The lowest BCUT2D eigenvalue weighted by Crippen LogP contribution is -2.48. The van der Waals surface area contributed by atoms with Crippen molar-refractivity contribution in [2.24, 2.45) is 0 Å². The van der Waals surface area contributed by atoms with Gasteiger partial charge in [0.1, 0.15) is 11.6 Å². The molecule has 24 heavy (non-hydrogen) atoms. The molecule has 0 radical (unpaired) electrons. The molecule has 2 N–H and O–H groups in total. The van der Waals surface area contributed by atoms with Crippen LogP contribution >= 0.6 is 0 Å². The molecule has 1 aliphatic heterocycles. The van der Waals surface area contributed by atoms with Crippen molar-refractivity contribution in [3.63, 3.8) is 0 Å². The largest absolute Gasteiger partial charge is 0.372 e. The molecule has 0 aliphatic carbocycles. The van der Waals surface area contributed by atoms with Crippen LogP contribution in [0.5, 0.6) is 0 Å². The number of carbonyl (C=O) groups is 1. The molecule has 1 aliphatic rings. The van der Waals surface area contributed by atoms with E-state index >= 15 is 0 Å². The van der Waals surface area contributed by atoms with E-state index in [1.807, 2.05) is 38.1 Å². The number of nitriles is 1. The van der Waals surface area contributed by atoms with Crippen LogP contribution in [0.4, 0.5) is 5.69 Å². The second-order valence-electron chi connectivity index (χ2n) is 5.95. The van der Waals surface area contributed by atoms with Crippen LogP contribution in [0.25, 0.3) is 10.9 Å². The Morgan fingerprint density at radius 1 is 1.46 bits per heavy atom. The molecule has 1 amide bonds. The van der Waals surface area contributed by atoms with E-state index in [-0.39, 0.29) is 23.7 Å². The number of morpholine rings is 1. The highest BCUT2D eigenvalue weighted by Gasteiger charge is 2.27. The van der Waals surface area contributed by atoms with Crippen molar-refractivity contribution < 1.29 is 9.53 Å². The highest BCUT2D eigenvalue weighted by Crippen LogP contribution is 2.17. The van der Waals surface area contributed by atoms with Crippen LogP contribution in [0.15, 0.2) is 36.2 Å². The van der Waals surface area contributed by atoms with E-state index in [0.717, 1.165) is 16.6 Å². The molecule has 1 aromatic heterocycles. The molecule has 1 fully saturated rings. The number of amides is 1. The molecule has 0 saturated carbocycles. The summed E-state index contributed by atoms with van der Waals surface area (Å²) < 4.78 is 5.62. The van der Waals surface area contributed by atoms with Crippen molar-refractivity contribution >= 4 is 22.5 Å². The Hall–Kier alpha value is -2.85. The Kier molecular flexibility index (Phi) is 4.49. The predicted octanol–water partition coefficient (Wildman–Crippen LogP) is 2.02. The summed E-state index contributed by atoms with van der Waals surface area (Å²) in [7, 11) is 0. The van der Waals surface area contributed by atoms with Gasteiger partial charge in [0.2, 0.25) is 0 Å². The van der Waals surface area contributed by atoms with Gasteiger partial charge in [-0.1, -0.05) is 0 Å². The third-order valence-corrected chi connectivity index (χ3v) is 3.88. The first-order chi connectivity index (χ1) is 11.6. The van der Waals surface area contributed by atoms with Gasteiger partial charge in [-0.25, -0.2) is 0 Å². The number of carbonyl (C=O) groups excluding carboxylic acids is 1. The number of aromatic amines is 1. The Morgan fingerprint density at radius 3 is 2.92 bits per heavy atom. The lowest BCUT2D eigenvalue weighted by molar-refractivity contribution is -0.138. The minimum atomic E-state index is -0.283. The lowest BCUT2D eigenvalue weighted by Gasteiger charge is -2.35. The van der Waals surface area contributed by atoms with Gasteiger partial charge in [0.05, 0.1) is 23.9 Å². The van der Waals surface area contributed by atoms with Crippen LogP contribution < -0.4 is 5.32 Å². The van der Waals surface area contributed by atoms with E-state index in [2.05, 4.69) is 15.5 Å². The summed E-state index contributed by atoms with van der Waals surface area (Å²) in [5.74, 6) is -0.283. The van der Waals surface area contributed by atoms with E-state index in [1.165, 1.54) is 6.20 Å². The van der Waals surface area contributed by atoms with Crippen molar-refractivity contribution in [3.05, 3.63) is 36.2 Å². The van der Waals surface area contributed by atoms with Crippen molar-refractivity contribution in [1.29, 1.82) is 5.26 Å². The summed E-state index contributed by atoms with van der Waals surface area (Å²) in [5.41, 5.74) is 1.73. The first-order valence-electron chi connectivity index (χ1n) is 7.81. The topological polar surface area (TPSA) is 94.0 Å². The van der Waals surface area contributed by atoms with Crippen LogP contribution in [0.1, 0.15) is 13.8 Å². The van der Waals surface area contributed by atoms with Crippen molar-refractivity contribution in [1.82, 2.24) is 15.1 Å². The molecule has 0 spiro atoms. The zero-order valence-corrected chi connectivity index (χ0v) is 13.6. The number of aromatic nitrogens is 2. The Bertz CT molecular complexity index is 810. The number of hydrogen-bond acceptors (Lipinski definition) is 5. The molecule has 1 saturated heterocycles. The lowest BCUT2D eigenvalue weighted by atomic mass is 10.2. The van der Waals surface area contributed by atoms with Crippen LogP contribution in [0.3, 0.4) is 0 Å². The van der Waals surface area contributed by atoms with Gasteiger partial charge in [-0.05, 0) is 32.0 Å². The van der Waals surface area contributed by atoms with Gasteiger partial charge in [-0.3, -0.25) is 9.89 Å². The smallest absolute Gasteiger partial charge is 0.266 e. The summed E-state index contributed by atoms with van der Waals surface area (Å²) in [5, 5.41) is 20.2. The van der Waals surface area contributed by atoms with Gasteiger partial charge in [0, 0.05) is 30.4 Å². The van der Waals surface area contributed by atoms with Gasteiger partial charge >= 0.3 is 0 Å². The number of H-pyrrole nitrogens is 1. The molecule has 0 bridgehead atoms. The summed E-state index contributed by atoms with van der Waals surface area (Å²) >= 11 is 0. The molecule has 2 heterocycles. The van der Waals surface area contributed by atoms with Crippen LogP contribution in [-0.4, -0.2) is 46.3 Å². The van der Waals surface area contributed by atoms with E-state index in [1.54, 1.807) is 11.1 Å². The summed E-state index contributed by atoms with van der Waals surface area (Å²) in [4.78, 5) is 14.2. The fraction of sp³-hybridized carbons (Fsp3) is 0.353. The molecule has 7 nitrogen and oxygen atoms in total. The highest BCUT2D eigenvalue weighted by molar-refractivity contribution is 5.97. The summed E-state index contributed by atoms with van der Waals surface area (Å²) in [6.45, 7) is 4.82. The van der Waals surface area contributed by atoms with Gasteiger partial charge in [0.15, 0.2) is 0 Å².